The van der Waals surface area contributed by atoms with Gasteiger partial charge in [0.2, 0.25) is 0 Å². The molecule has 1 aliphatic rings. The lowest BCUT2D eigenvalue weighted by atomic mass is 9.95. The predicted molar refractivity (Wildman–Crippen MR) is 143 cm³/mol. The molecule has 0 aliphatic carbocycles. The van der Waals surface area contributed by atoms with E-state index in [9.17, 15) is 19.5 Å². The number of carbonyl (C=O) groups is 3. The van der Waals surface area contributed by atoms with Crippen molar-refractivity contribution >= 4 is 39.9 Å². The average Bonchev–Trinajstić information content (AvgIpc) is 3.43. The molecule has 2 heterocycles. The number of aliphatic hydroxyl groups is 1. The molecule has 0 bridgehead atoms. The first-order valence-electron chi connectivity index (χ1n) is 12.0. The van der Waals surface area contributed by atoms with E-state index in [4.69, 9.17) is 14.2 Å². The van der Waals surface area contributed by atoms with Crippen molar-refractivity contribution in [2.75, 3.05) is 25.7 Å². The molecule has 2 aromatic carbocycles. The van der Waals surface area contributed by atoms with Gasteiger partial charge >= 0.3 is 11.9 Å². The summed E-state index contributed by atoms with van der Waals surface area (Å²) < 4.78 is 15.8. The van der Waals surface area contributed by atoms with Crippen LogP contribution >= 0.6 is 11.3 Å². The average molecular weight is 537 g/mol. The van der Waals surface area contributed by atoms with E-state index in [0.717, 1.165) is 23.3 Å². The predicted octanol–water partition coefficient (Wildman–Crippen LogP) is 4.97. The molecule has 1 atom stereocenters. The minimum Gasteiger partial charge on any atom is -0.507 e. The molecular weight excluding hydrogens is 508 g/mol. The topological polar surface area (TPSA) is 115 Å². The van der Waals surface area contributed by atoms with Gasteiger partial charge in [-0.2, -0.15) is 0 Å². The van der Waals surface area contributed by atoms with E-state index in [1.165, 1.54) is 19.1 Å². The number of aliphatic hydroxyl groups excluding tert-OH is 1. The first-order chi connectivity index (χ1) is 18.2. The van der Waals surface area contributed by atoms with E-state index in [1.54, 1.807) is 49.4 Å². The summed E-state index contributed by atoms with van der Waals surface area (Å²) in [6.45, 7) is 6.02. The molecule has 3 aromatic rings. The van der Waals surface area contributed by atoms with Crippen LogP contribution in [0.2, 0.25) is 0 Å². The van der Waals surface area contributed by atoms with Gasteiger partial charge in [-0.05, 0) is 61.7 Å². The van der Waals surface area contributed by atoms with Crippen molar-refractivity contribution in [1.29, 1.82) is 0 Å². The lowest BCUT2D eigenvalue weighted by molar-refractivity contribution is -0.132. The summed E-state index contributed by atoms with van der Waals surface area (Å²) in [5.41, 5.74) is 1.97. The molecule has 0 spiro atoms. The van der Waals surface area contributed by atoms with Crippen LogP contribution in [0.25, 0.3) is 5.76 Å². The maximum absolute atomic E-state index is 13.4. The molecule has 1 aliphatic heterocycles. The number of rotatable bonds is 8. The summed E-state index contributed by atoms with van der Waals surface area (Å²) in [6.07, 6.45) is 0.848. The molecule has 1 saturated heterocycles. The third-order valence-corrected chi connectivity index (χ3v) is 7.28. The molecule has 1 aromatic heterocycles. The zero-order chi connectivity index (χ0) is 27.6. The van der Waals surface area contributed by atoms with Crippen LogP contribution in [0.3, 0.4) is 0 Å². The largest absolute Gasteiger partial charge is 0.507 e. The second-order valence-electron chi connectivity index (χ2n) is 8.67. The number of carbonyl (C=O) groups excluding carboxylic acids is 3. The van der Waals surface area contributed by atoms with Gasteiger partial charge in [0.1, 0.15) is 22.1 Å². The van der Waals surface area contributed by atoms with Gasteiger partial charge in [-0.3, -0.25) is 14.5 Å². The van der Waals surface area contributed by atoms with Crippen LogP contribution in [0.1, 0.15) is 51.4 Å². The lowest BCUT2D eigenvalue weighted by Crippen LogP contribution is -2.29. The second kappa shape index (κ2) is 11.1. The van der Waals surface area contributed by atoms with Gasteiger partial charge in [-0.1, -0.05) is 30.4 Å². The summed E-state index contributed by atoms with van der Waals surface area (Å²) >= 11 is 0.945. The van der Waals surface area contributed by atoms with Crippen LogP contribution in [0.4, 0.5) is 5.13 Å². The molecule has 4 rings (SSSR count). The van der Waals surface area contributed by atoms with Crippen molar-refractivity contribution in [3.05, 3.63) is 75.3 Å². The van der Waals surface area contributed by atoms with E-state index < -0.39 is 23.7 Å². The molecule has 9 nitrogen and oxygen atoms in total. The Morgan fingerprint density at radius 1 is 1.11 bits per heavy atom. The number of nitrogens with zero attached hydrogens (tertiary/aromatic N) is 2. The summed E-state index contributed by atoms with van der Waals surface area (Å²) in [4.78, 5) is 44.9. The molecule has 38 heavy (non-hydrogen) atoms. The number of thiazole rings is 1. The van der Waals surface area contributed by atoms with E-state index >= 15 is 0 Å². The highest BCUT2D eigenvalue weighted by molar-refractivity contribution is 7.17. The quantitative estimate of drug-likeness (QED) is 0.186. The Morgan fingerprint density at radius 2 is 1.82 bits per heavy atom. The highest BCUT2D eigenvalue weighted by Gasteiger charge is 2.48. The third kappa shape index (κ3) is 4.87. The van der Waals surface area contributed by atoms with E-state index in [0.29, 0.717) is 34.9 Å². The number of aromatic nitrogens is 1. The van der Waals surface area contributed by atoms with Crippen molar-refractivity contribution in [2.24, 2.45) is 0 Å². The normalized spacial score (nSPS) is 16.6. The molecule has 0 saturated carbocycles. The van der Waals surface area contributed by atoms with E-state index in [2.05, 4.69) is 4.98 Å². The number of hydrogen-bond donors (Lipinski definition) is 1. The van der Waals surface area contributed by atoms with Gasteiger partial charge in [0.15, 0.2) is 5.13 Å². The van der Waals surface area contributed by atoms with Crippen LogP contribution in [0.5, 0.6) is 11.5 Å². The zero-order valence-electron chi connectivity index (χ0n) is 21.7. The number of amides is 1. The second-order valence-corrected chi connectivity index (χ2v) is 9.65. The standard InChI is InChI=1S/C28H28N2O7S/c1-6-13-37-20-12-9-18(14-15(20)2)23(31)21-22(17-7-10-19(35-4)11-8-17)30(26(33)24(21)32)28-29-16(3)25(38-28)27(34)36-5/h7-12,14,22,31H,6,13H2,1-5H3/t22-/m0/s1. The van der Waals surface area contributed by atoms with Gasteiger partial charge in [0.25, 0.3) is 5.78 Å². The SMILES string of the molecule is CCCOc1ccc(C(O)=C2C(=O)C(=O)N(c3nc(C)c(C(=O)OC)s3)[C@H]2c2ccc(OC)cc2)cc1C. The van der Waals surface area contributed by atoms with E-state index in [-0.39, 0.29) is 21.3 Å². The van der Waals surface area contributed by atoms with Gasteiger partial charge in [-0.25, -0.2) is 9.78 Å². The first-order valence-corrected chi connectivity index (χ1v) is 12.8. The summed E-state index contributed by atoms with van der Waals surface area (Å²) in [5.74, 6) is -1.38. The highest BCUT2D eigenvalue weighted by atomic mass is 32.1. The molecule has 0 radical (unpaired) electrons. The number of benzene rings is 2. The molecular formula is C28H28N2O7S. The maximum Gasteiger partial charge on any atom is 0.350 e. The molecule has 1 fully saturated rings. The molecule has 1 amide bonds. The van der Waals surface area contributed by atoms with Gasteiger partial charge < -0.3 is 19.3 Å². The van der Waals surface area contributed by atoms with Crippen LogP contribution in [0.15, 0.2) is 48.0 Å². The third-order valence-electron chi connectivity index (χ3n) is 6.15. The molecule has 198 valence electrons. The van der Waals surface area contributed by atoms with Gasteiger partial charge in [-0.15, -0.1) is 0 Å². The van der Waals surface area contributed by atoms with Crippen molar-refractivity contribution in [2.45, 2.75) is 33.2 Å². The van der Waals surface area contributed by atoms with Gasteiger partial charge in [0.05, 0.1) is 38.1 Å². The van der Waals surface area contributed by atoms with Crippen LogP contribution in [-0.2, 0) is 14.3 Å². The minimum atomic E-state index is -0.992. The van der Waals surface area contributed by atoms with Crippen molar-refractivity contribution < 1.29 is 33.7 Å². The smallest absolute Gasteiger partial charge is 0.350 e. The van der Waals surface area contributed by atoms with Crippen LogP contribution in [-0.4, -0.2) is 48.6 Å². The molecule has 10 heteroatoms. The van der Waals surface area contributed by atoms with E-state index in [1.807, 2.05) is 13.8 Å². The summed E-state index contributed by atoms with van der Waals surface area (Å²) in [5, 5.41) is 11.5. The van der Waals surface area contributed by atoms with Crippen molar-refractivity contribution in [3.8, 4) is 11.5 Å². The Morgan fingerprint density at radius 3 is 2.42 bits per heavy atom. The maximum atomic E-state index is 13.4. The number of aryl methyl sites for hydroxylation is 2. The number of ketones is 1. The minimum absolute atomic E-state index is 0.0886. The fourth-order valence-electron chi connectivity index (χ4n) is 4.22. The van der Waals surface area contributed by atoms with Gasteiger partial charge in [0, 0.05) is 5.56 Å². The molecule has 0 unspecified atom stereocenters. The number of anilines is 1. The number of hydrogen-bond acceptors (Lipinski definition) is 9. The lowest BCUT2D eigenvalue weighted by Gasteiger charge is -2.23. The number of ether oxygens (including phenoxy) is 3. The Bertz CT molecular complexity index is 1430. The van der Waals surface area contributed by atoms with Crippen molar-refractivity contribution in [1.82, 2.24) is 4.98 Å². The number of methoxy groups -OCH3 is 2. The fraction of sp³-hybridized carbons (Fsp3) is 0.286. The summed E-state index contributed by atoms with van der Waals surface area (Å²) in [7, 11) is 2.79. The van der Waals surface area contributed by atoms with Crippen LogP contribution < -0.4 is 14.4 Å². The Balaban J connectivity index is 1.88. The highest BCUT2D eigenvalue weighted by Crippen LogP contribution is 2.44. The fourth-order valence-corrected chi connectivity index (χ4v) is 5.24. The van der Waals surface area contributed by atoms with Crippen LogP contribution in [0, 0.1) is 13.8 Å². The first kappa shape index (κ1) is 26.9. The Labute approximate surface area is 224 Å². The monoisotopic (exact) mass is 536 g/mol. The Kier molecular flexibility index (Phi) is 7.82. The van der Waals surface area contributed by atoms with Crippen molar-refractivity contribution in [3.63, 3.8) is 0 Å². The number of Topliss-reactive ketones (excluding diaryl/α,β-unsaturated/α-hetero) is 1. The summed E-state index contributed by atoms with van der Waals surface area (Å²) in [6, 6.07) is 10.9. The molecule has 1 N–H and O–H groups in total. The zero-order valence-corrected chi connectivity index (χ0v) is 22.5. The Hall–Kier alpha value is -4.18. The number of esters is 1.